The van der Waals surface area contributed by atoms with E-state index in [1.807, 2.05) is 6.92 Å². The second-order valence-corrected chi connectivity index (χ2v) is 3.96. The van der Waals surface area contributed by atoms with Crippen LogP contribution in [0.25, 0.3) is 0 Å². The number of rotatable bonds is 8. The van der Waals surface area contributed by atoms with Crippen molar-refractivity contribution in [3.05, 3.63) is 0 Å². The van der Waals surface area contributed by atoms with Gasteiger partial charge < -0.3 is 14.9 Å². The zero-order valence-electron chi connectivity index (χ0n) is 8.44. The van der Waals surface area contributed by atoms with Crippen molar-refractivity contribution >= 4 is 17.7 Å². The fraction of sp³-hybridized carbons (Fsp3) is 0.889. The van der Waals surface area contributed by atoms with Crippen molar-refractivity contribution in [2.24, 2.45) is 0 Å². The fourth-order valence-electron chi connectivity index (χ4n) is 0.703. The molecule has 1 atom stereocenters. The first kappa shape index (κ1) is 13.7. The van der Waals surface area contributed by atoms with Gasteiger partial charge in [-0.3, -0.25) is 4.79 Å². The molecule has 0 fully saturated rings. The van der Waals surface area contributed by atoms with Gasteiger partial charge in [-0.2, -0.15) is 0 Å². The number of unbranched alkanes of at least 4 members (excludes halogenated alkanes) is 1. The molecule has 0 amide bonds. The number of carbonyl (C=O) groups excluding carboxylic acids is 1. The molecule has 0 aliphatic carbocycles. The summed E-state index contributed by atoms with van der Waals surface area (Å²) in [6.45, 7) is 2.23. The third-order valence-electron chi connectivity index (χ3n) is 1.50. The topological polar surface area (TPSA) is 66.8 Å². The maximum absolute atomic E-state index is 11.0. The Kier molecular flexibility index (Phi) is 9.13. The largest absolute Gasteiger partial charge is 0.465 e. The number of esters is 1. The Hall–Kier alpha value is -0.260. The first-order valence-electron chi connectivity index (χ1n) is 4.73. The minimum absolute atomic E-state index is 0.237. The van der Waals surface area contributed by atoms with Gasteiger partial charge >= 0.3 is 5.97 Å². The predicted octanol–water partition coefficient (Wildman–Crippen LogP) is 0.416. The van der Waals surface area contributed by atoms with Crippen LogP contribution >= 0.6 is 11.8 Å². The zero-order valence-corrected chi connectivity index (χ0v) is 9.26. The van der Waals surface area contributed by atoms with Crippen molar-refractivity contribution in [3.8, 4) is 0 Å². The van der Waals surface area contributed by atoms with Crippen LogP contribution in [0.3, 0.4) is 0 Å². The highest BCUT2D eigenvalue weighted by Gasteiger charge is 2.06. The van der Waals surface area contributed by atoms with Gasteiger partial charge in [-0.05, 0) is 6.42 Å². The van der Waals surface area contributed by atoms with Crippen molar-refractivity contribution in [1.29, 1.82) is 0 Å². The van der Waals surface area contributed by atoms with Gasteiger partial charge in [-0.15, -0.1) is 11.8 Å². The third-order valence-corrected chi connectivity index (χ3v) is 2.56. The zero-order chi connectivity index (χ0) is 10.8. The molecule has 0 spiro atoms. The summed E-state index contributed by atoms with van der Waals surface area (Å²) in [5.41, 5.74) is 0. The van der Waals surface area contributed by atoms with Gasteiger partial charge in [0.25, 0.3) is 0 Å². The smallest absolute Gasteiger partial charge is 0.315 e. The first-order chi connectivity index (χ1) is 6.70. The molecule has 0 aromatic heterocycles. The van der Waals surface area contributed by atoms with E-state index in [1.54, 1.807) is 0 Å². The third kappa shape index (κ3) is 8.34. The van der Waals surface area contributed by atoms with E-state index in [1.165, 1.54) is 11.8 Å². The Balaban J connectivity index is 3.26. The average Bonchev–Trinajstić information content (AvgIpc) is 2.18. The van der Waals surface area contributed by atoms with Gasteiger partial charge in [0.05, 0.1) is 25.1 Å². The van der Waals surface area contributed by atoms with Gasteiger partial charge in [0.2, 0.25) is 0 Å². The average molecular weight is 222 g/mol. The van der Waals surface area contributed by atoms with Crippen LogP contribution in [0.1, 0.15) is 19.8 Å². The molecule has 0 aliphatic rings. The normalized spacial score (nSPS) is 12.5. The number of carbonyl (C=O) groups is 1. The van der Waals surface area contributed by atoms with Gasteiger partial charge in [0, 0.05) is 5.75 Å². The van der Waals surface area contributed by atoms with Crippen LogP contribution in [0.15, 0.2) is 0 Å². The number of aliphatic hydroxyl groups excluding tert-OH is 2. The molecule has 0 saturated heterocycles. The minimum Gasteiger partial charge on any atom is -0.465 e. The maximum Gasteiger partial charge on any atom is 0.315 e. The highest BCUT2D eigenvalue weighted by atomic mass is 32.2. The molecule has 14 heavy (non-hydrogen) atoms. The van der Waals surface area contributed by atoms with Crippen LogP contribution in [0, 0.1) is 0 Å². The first-order valence-corrected chi connectivity index (χ1v) is 5.88. The van der Waals surface area contributed by atoms with Crippen LogP contribution in [-0.4, -0.2) is 47.0 Å². The standard InChI is InChI=1S/C9H18O4S/c1-2-3-4-13-9(12)7-14-6-8(11)5-10/h8,10-11H,2-7H2,1H3. The Morgan fingerprint density at radius 2 is 2.29 bits per heavy atom. The molecular formula is C9H18O4S. The van der Waals surface area contributed by atoms with E-state index in [-0.39, 0.29) is 18.3 Å². The molecule has 0 radical (unpaired) electrons. The monoisotopic (exact) mass is 222 g/mol. The molecule has 5 heteroatoms. The lowest BCUT2D eigenvalue weighted by molar-refractivity contribution is -0.140. The van der Waals surface area contributed by atoms with Crippen molar-refractivity contribution in [3.63, 3.8) is 0 Å². The minimum atomic E-state index is -0.747. The lowest BCUT2D eigenvalue weighted by Gasteiger charge is -2.06. The van der Waals surface area contributed by atoms with Crippen LogP contribution in [-0.2, 0) is 9.53 Å². The summed E-state index contributed by atoms with van der Waals surface area (Å²) >= 11 is 1.27. The summed E-state index contributed by atoms with van der Waals surface area (Å²) < 4.78 is 4.89. The molecule has 2 N–H and O–H groups in total. The highest BCUT2D eigenvalue weighted by Crippen LogP contribution is 2.03. The number of thioether (sulfide) groups is 1. The van der Waals surface area contributed by atoms with E-state index in [0.29, 0.717) is 12.4 Å². The molecule has 0 rings (SSSR count). The maximum atomic E-state index is 11.0. The number of ether oxygens (including phenoxy) is 1. The van der Waals surface area contributed by atoms with Crippen LogP contribution in [0.2, 0.25) is 0 Å². The Morgan fingerprint density at radius 1 is 1.57 bits per heavy atom. The van der Waals surface area contributed by atoms with E-state index < -0.39 is 6.10 Å². The summed E-state index contributed by atoms with van der Waals surface area (Å²) in [7, 11) is 0. The summed E-state index contributed by atoms with van der Waals surface area (Å²) in [5, 5.41) is 17.5. The molecule has 0 aromatic carbocycles. The lowest BCUT2D eigenvalue weighted by Crippen LogP contribution is -2.17. The predicted molar refractivity (Wildman–Crippen MR) is 56.3 cm³/mol. The second-order valence-electron chi connectivity index (χ2n) is 2.93. The van der Waals surface area contributed by atoms with Crippen molar-refractivity contribution in [1.82, 2.24) is 0 Å². The molecule has 4 nitrogen and oxygen atoms in total. The highest BCUT2D eigenvalue weighted by molar-refractivity contribution is 7.99. The molecule has 0 aliphatic heterocycles. The summed E-state index contributed by atoms with van der Waals surface area (Å²) in [5.74, 6) is 0.341. The molecule has 0 bridgehead atoms. The van der Waals surface area contributed by atoms with Crippen molar-refractivity contribution in [2.45, 2.75) is 25.9 Å². The number of aliphatic hydroxyl groups is 2. The number of hydrogen-bond acceptors (Lipinski definition) is 5. The fourth-order valence-corrected chi connectivity index (χ4v) is 1.45. The van der Waals surface area contributed by atoms with Crippen LogP contribution in [0.5, 0.6) is 0 Å². The SMILES string of the molecule is CCCCOC(=O)CSCC(O)CO. The van der Waals surface area contributed by atoms with E-state index in [0.717, 1.165) is 12.8 Å². The summed E-state index contributed by atoms with van der Waals surface area (Å²) in [6.07, 6.45) is 1.14. The second kappa shape index (κ2) is 9.30. The van der Waals surface area contributed by atoms with Crippen LogP contribution < -0.4 is 0 Å². The van der Waals surface area contributed by atoms with Gasteiger partial charge in [-0.25, -0.2) is 0 Å². The molecule has 0 aromatic rings. The van der Waals surface area contributed by atoms with Gasteiger partial charge in [0.15, 0.2) is 0 Å². The molecule has 0 heterocycles. The lowest BCUT2D eigenvalue weighted by atomic mass is 10.4. The van der Waals surface area contributed by atoms with E-state index in [2.05, 4.69) is 0 Å². The van der Waals surface area contributed by atoms with E-state index >= 15 is 0 Å². The summed E-state index contributed by atoms with van der Waals surface area (Å²) in [4.78, 5) is 11.0. The quantitative estimate of drug-likeness (QED) is 0.460. The number of hydrogen-bond donors (Lipinski definition) is 2. The molecule has 84 valence electrons. The Labute approximate surface area is 88.6 Å². The Morgan fingerprint density at radius 3 is 2.86 bits per heavy atom. The van der Waals surface area contributed by atoms with Gasteiger partial charge in [0.1, 0.15) is 0 Å². The van der Waals surface area contributed by atoms with Crippen molar-refractivity contribution in [2.75, 3.05) is 24.7 Å². The molecule has 0 saturated carbocycles. The van der Waals surface area contributed by atoms with Crippen molar-refractivity contribution < 1.29 is 19.7 Å². The van der Waals surface area contributed by atoms with Crippen LogP contribution in [0.4, 0.5) is 0 Å². The van der Waals surface area contributed by atoms with E-state index in [9.17, 15) is 4.79 Å². The Bertz CT molecular complexity index is 152. The molecule has 1 unspecified atom stereocenters. The van der Waals surface area contributed by atoms with E-state index in [4.69, 9.17) is 14.9 Å². The summed E-state index contributed by atoms with van der Waals surface area (Å²) in [6, 6.07) is 0. The van der Waals surface area contributed by atoms with Gasteiger partial charge in [-0.1, -0.05) is 13.3 Å². The molecular weight excluding hydrogens is 204 g/mol.